The van der Waals surface area contributed by atoms with Crippen molar-refractivity contribution in [1.29, 1.82) is 0 Å². The molecule has 2 aromatic rings. The third-order valence-corrected chi connectivity index (χ3v) is 2.96. The minimum Gasteiger partial charge on any atom is -0.392 e. The Morgan fingerprint density at radius 1 is 1.17 bits per heavy atom. The summed E-state index contributed by atoms with van der Waals surface area (Å²) < 4.78 is 13.2. The Morgan fingerprint density at radius 3 is 2.61 bits per heavy atom. The first-order valence-electron chi connectivity index (χ1n) is 5.81. The zero-order chi connectivity index (χ0) is 13.1. The maximum Gasteiger partial charge on any atom is 0.125 e. The molecule has 0 bridgehead atoms. The number of benzene rings is 2. The van der Waals surface area contributed by atoms with Crippen LogP contribution < -0.4 is 4.90 Å². The molecule has 0 saturated heterocycles. The summed E-state index contributed by atoms with van der Waals surface area (Å²) in [5.41, 5.74) is 3.57. The molecule has 1 N–H and O–H groups in total. The van der Waals surface area contributed by atoms with Gasteiger partial charge in [-0.15, -0.1) is 0 Å². The molecule has 0 amide bonds. The second kappa shape index (κ2) is 5.19. The zero-order valence-corrected chi connectivity index (χ0v) is 10.5. The predicted octanol–water partition coefficient (Wildman–Crippen LogP) is 3.39. The number of anilines is 2. The van der Waals surface area contributed by atoms with Crippen LogP contribution in [0.4, 0.5) is 15.8 Å². The van der Waals surface area contributed by atoms with Gasteiger partial charge in [-0.3, -0.25) is 0 Å². The molecule has 0 unspecified atom stereocenters. The van der Waals surface area contributed by atoms with Crippen molar-refractivity contribution >= 4 is 11.4 Å². The molecule has 18 heavy (non-hydrogen) atoms. The lowest BCUT2D eigenvalue weighted by atomic mass is 10.1. The third kappa shape index (κ3) is 2.51. The van der Waals surface area contributed by atoms with Crippen LogP contribution in [0.3, 0.4) is 0 Å². The lowest BCUT2D eigenvalue weighted by Crippen LogP contribution is -2.12. The van der Waals surface area contributed by atoms with Crippen LogP contribution in [0.15, 0.2) is 42.5 Å². The lowest BCUT2D eigenvalue weighted by Gasteiger charge is -2.22. The predicted molar refractivity (Wildman–Crippen MR) is 71.6 cm³/mol. The van der Waals surface area contributed by atoms with E-state index < -0.39 is 0 Å². The third-order valence-electron chi connectivity index (χ3n) is 2.96. The fraction of sp³-hybridized carbons (Fsp3) is 0.200. The molecular weight excluding hydrogens is 229 g/mol. The summed E-state index contributed by atoms with van der Waals surface area (Å²) in [5, 5.41) is 9.39. The van der Waals surface area contributed by atoms with Crippen molar-refractivity contribution in [3.8, 4) is 0 Å². The minimum absolute atomic E-state index is 0.0311. The first kappa shape index (κ1) is 12.6. The molecule has 0 heterocycles. The maximum atomic E-state index is 13.2. The van der Waals surface area contributed by atoms with E-state index in [-0.39, 0.29) is 12.4 Å². The molecule has 0 spiro atoms. The van der Waals surface area contributed by atoms with Gasteiger partial charge in [-0.25, -0.2) is 4.39 Å². The number of rotatable bonds is 3. The van der Waals surface area contributed by atoms with Gasteiger partial charge in [-0.05, 0) is 31.2 Å². The fourth-order valence-corrected chi connectivity index (χ4v) is 1.99. The second-order valence-corrected chi connectivity index (χ2v) is 4.33. The van der Waals surface area contributed by atoms with E-state index in [0.29, 0.717) is 0 Å². The average Bonchev–Trinajstić information content (AvgIpc) is 2.37. The summed E-state index contributed by atoms with van der Waals surface area (Å²) in [6.45, 7) is 1.95. The van der Waals surface area contributed by atoms with E-state index >= 15 is 0 Å². The molecule has 3 heteroatoms. The number of nitrogens with zero attached hydrogens (tertiary/aromatic N) is 1. The minimum atomic E-state index is -0.267. The Bertz CT molecular complexity index is 554. The van der Waals surface area contributed by atoms with Gasteiger partial charge < -0.3 is 10.0 Å². The molecule has 0 aliphatic rings. The summed E-state index contributed by atoms with van der Waals surface area (Å²) >= 11 is 0. The maximum absolute atomic E-state index is 13.2. The van der Waals surface area contributed by atoms with Crippen molar-refractivity contribution in [2.75, 3.05) is 11.9 Å². The van der Waals surface area contributed by atoms with E-state index in [2.05, 4.69) is 0 Å². The van der Waals surface area contributed by atoms with Gasteiger partial charge in [0.15, 0.2) is 0 Å². The highest BCUT2D eigenvalue weighted by Crippen LogP contribution is 2.28. The van der Waals surface area contributed by atoms with Crippen molar-refractivity contribution in [2.45, 2.75) is 13.5 Å². The quantitative estimate of drug-likeness (QED) is 0.896. The Kier molecular flexibility index (Phi) is 3.63. The highest BCUT2D eigenvalue weighted by atomic mass is 19.1. The Balaban J connectivity index is 2.42. The normalized spacial score (nSPS) is 10.4. The van der Waals surface area contributed by atoms with Crippen LogP contribution in [0, 0.1) is 12.7 Å². The molecule has 94 valence electrons. The lowest BCUT2D eigenvalue weighted by molar-refractivity contribution is 0.282. The van der Waals surface area contributed by atoms with Crippen LogP contribution in [-0.2, 0) is 6.61 Å². The highest BCUT2D eigenvalue weighted by molar-refractivity contribution is 5.66. The number of aliphatic hydroxyl groups excluding tert-OH is 1. The molecular formula is C15H16FNO. The van der Waals surface area contributed by atoms with Gasteiger partial charge in [0, 0.05) is 24.0 Å². The molecule has 0 aliphatic carbocycles. The molecule has 2 nitrogen and oxygen atoms in total. The van der Waals surface area contributed by atoms with Crippen LogP contribution in [0.1, 0.15) is 11.1 Å². The number of halogens is 1. The summed E-state index contributed by atoms with van der Waals surface area (Å²) in [6.07, 6.45) is 0. The van der Waals surface area contributed by atoms with Crippen molar-refractivity contribution < 1.29 is 9.50 Å². The highest BCUT2D eigenvalue weighted by Gasteiger charge is 2.09. The molecule has 0 saturated carbocycles. The van der Waals surface area contributed by atoms with Crippen molar-refractivity contribution in [2.24, 2.45) is 0 Å². The summed E-state index contributed by atoms with van der Waals surface area (Å²) in [4.78, 5) is 1.87. The van der Waals surface area contributed by atoms with E-state index in [9.17, 15) is 9.50 Å². The number of aliphatic hydroxyl groups is 1. The van der Waals surface area contributed by atoms with Crippen LogP contribution in [0.25, 0.3) is 0 Å². The fourth-order valence-electron chi connectivity index (χ4n) is 1.99. The second-order valence-electron chi connectivity index (χ2n) is 4.33. The van der Waals surface area contributed by atoms with Crippen molar-refractivity contribution in [3.05, 3.63) is 59.4 Å². The van der Waals surface area contributed by atoms with E-state index in [1.54, 1.807) is 6.07 Å². The smallest absolute Gasteiger partial charge is 0.125 e. The topological polar surface area (TPSA) is 23.5 Å². The zero-order valence-electron chi connectivity index (χ0n) is 10.5. The molecule has 2 rings (SSSR count). The summed E-state index contributed by atoms with van der Waals surface area (Å²) in [5.74, 6) is -0.267. The Hall–Kier alpha value is -1.87. The van der Waals surface area contributed by atoms with Crippen LogP contribution >= 0.6 is 0 Å². The van der Waals surface area contributed by atoms with E-state index in [4.69, 9.17) is 0 Å². The van der Waals surface area contributed by atoms with E-state index in [1.165, 1.54) is 12.1 Å². The molecule has 0 radical (unpaired) electrons. The first-order chi connectivity index (χ1) is 8.61. The average molecular weight is 245 g/mol. The van der Waals surface area contributed by atoms with Crippen molar-refractivity contribution in [1.82, 2.24) is 0 Å². The van der Waals surface area contributed by atoms with Crippen LogP contribution in [-0.4, -0.2) is 12.2 Å². The Morgan fingerprint density at radius 2 is 1.94 bits per heavy atom. The first-order valence-corrected chi connectivity index (χ1v) is 5.81. The van der Waals surface area contributed by atoms with Gasteiger partial charge >= 0.3 is 0 Å². The monoisotopic (exact) mass is 245 g/mol. The van der Waals surface area contributed by atoms with Gasteiger partial charge in [0.2, 0.25) is 0 Å². The van der Waals surface area contributed by atoms with Gasteiger partial charge in [0.25, 0.3) is 0 Å². The molecule has 0 aliphatic heterocycles. The van der Waals surface area contributed by atoms with Gasteiger partial charge in [0.1, 0.15) is 5.82 Å². The molecule has 0 fully saturated rings. The summed E-state index contributed by atoms with van der Waals surface area (Å²) in [6, 6.07) is 12.2. The summed E-state index contributed by atoms with van der Waals surface area (Å²) in [7, 11) is 1.86. The molecule has 0 aromatic heterocycles. The van der Waals surface area contributed by atoms with Crippen molar-refractivity contribution in [3.63, 3.8) is 0 Å². The van der Waals surface area contributed by atoms with Crippen LogP contribution in [0.5, 0.6) is 0 Å². The van der Waals surface area contributed by atoms with Gasteiger partial charge in [0.05, 0.1) is 6.61 Å². The standard InChI is InChI=1S/C15H16FNO/c1-11-6-7-15(12(8-11)10-18)17(2)14-5-3-4-13(16)9-14/h3-9,18H,10H2,1-2H3. The van der Waals surface area contributed by atoms with Gasteiger partial charge in [-0.1, -0.05) is 23.8 Å². The molecule has 0 atom stereocenters. The van der Waals surface area contributed by atoms with Crippen LogP contribution in [0.2, 0.25) is 0 Å². The van der Waals surface area contributed by atoms with E-state index in [0.717, 1.165) is 22.5 Å². The largest absolute Gasteiger partial charge is 0.392 e. The SMILES string of the molecule is Cc1ccc(N(C)c2cccc(F)c2)c(CO)c1. The van der Waals surface area contributed by atoms with E-state index in [1.807, 2.05) is 43.1 Å². The number of hydrogen-bond donors (Lipinski definition) is 1. The molecule has 2 aromatic carbocycles. The number of hydrogen-bond acceptors (Lipinski definition) is 2. The number of aryl methyl sites for hydroxylation is 1. The Labute approximate surface area is 106 Å². The van der Waals surface area contributed by atoms with Gasteiger partial charge in [-0.2, -0.15) is 0 Å².